The van der Waals surface area contributed by atoms with E-state index in [2.05, 4.69) is 10.1 Å². The Morgan fingerprint density at radius 1 is 1.22 bits per heavy atom. The fraction of sp³-hybridized carbons (Fsp3) is 0.312. The lowest BCUT2D eigenvalue weighted by Crippen LogP contribution is -2.34. The van der Waals surface area contributed by atoms with Gasteiger partial charge in [0, 0.05) is 0 Å². The first-order valence-corrected chi connectivity index (χ1v) is 7.38. The van der Waals surface area contributed by atoms with Gasteiger partial charge in [-0.15, -0.1) is 0 Å². The molecule has 1 aromatic carbocycles. The molecule has 0 radical (unpaired) electrons. The van der Waals surface area contributed by atoms with E-state index in [9.17, 15) is 19.5 Å². The number of amides is 1. The highest BCUT2D eigenvalue weighted by Gasteiger charge is 2.34. The van der Waals surface area contributed by atoms with Crippen molar-refractivity contribution in [3.05, 3.63) is 40.9 Å². The second kappa shape index (κ2) is 7.28. The molecule has 1 aromatic rings. The molecule has 0 fully saturated rings. The Hall–Kier alpha value is -2.34. The molecule has 0 unspecified atom stereocenters. The van der Waals surface area contributed by atoms with E-state index < -0.39 is 29.7 Å². The summed E-state index contributed by atoms with van der Waals surface area (Å²) in [5, 5.41) is 12.1. The predicted octanol–water partition coefficient (Wildman–Crippen LogP) is 2.73. The fourth-order valence-corrected chi connectivity index (χ4v) is 2.63. The van der Waals surface area contributed by atoms with Crippen molar-refractivity contribution in [2.24, 2.45) is 11.8 Å². The topological polar surface area (TPSA) is 92.7 Å². The van der Waals surface area contributed by atoms with Gasteiger partial charge in [0.15, 0.2) is 0 Å². The number of carbonyl (C=O) groups excluding carboxylic acids is 2. The summed E-state index contributed by atoms with van der Waals surface area (Å²) in [6, 6.07) is 4.35. The Labute approximate surface area is 138 Å². The Morgan fingerprint density at radius 3 is 2.48 bits per heavy atom. The summed E-state index contributed by atoms with van der Waals surface area (Å²) in [5.74, 6) is -3.46. The first-order valence-electron chi connectivity index (χ1n) is 7.00. The van der Waals surface area contributed by atoms with Gasteiger partial charge in [0.05, 0.1) is 35.2 Å². The van der Waals surface area contributed by atoms with Crippen molar-refractivity contribution in [1.82, 2.24) is 0 Å². The van der Waals surface area contributed by atoms with E-state index >= 15 is 0 Å². The zero-order valence-electron chi connectivity index (χ0n) is 12.4. The number of rotatable bonds is 4. The molecule has 2 atom stereocenters. The zero-order chi connectivity index (χ0) is 17.0. The van der Waals surface area contributed by atoms with E-state index in [1.165, 1.54) is 25.3 Å². The Kier molecular flexibility index (Phi) is 5.39. The minimum atomic E-state index is -1.01. The van der Waals surface area contributed by atoms with Crippen LogP contribution in [0.1, 0.15) is 23.2 Å². The first kappa shape index (κ1) is 17.0. The molecule has 0 bridgehead atoms. The molecule has 6 nitrogen and oxygen atoms in total. The van der Waals surface area contributed by atoms with Crippen LogP contribution in [0.4, 0.5) is 5.69 Å². The molecule has 0 spiro atoms. The second-order valence-corrected chi connectivity index (χ2v) is 5.58. The highest BCUT2D eigenvalue weighted by molar-refractivity contribution is 6.33. The molecule has 23 heavy (non-hydrogen) atoms. The molecular formula is C16H16ClNO5. The van der Waals surface area contributed by atoms with E-state index in [-0.39, 0.29) is 16.3 Å². The summed E-state index contributed by atoms with van der Waals surface area (Å²) in [5.41, 5.74) is 0.490. The number of allylic oxidation sites excluding steroid dienone is 2. The minimum absolute atomic E-state index is 0.241. The molecule has 7 heteroatoms. The van der Waals surface area contributed by atoms with Gasteiger partial charge in [-0.1, -0.05) is 23.8 Å². The molecule has 2 rings (SSSR count). The smallest absolute Gasteiger partial charge is 0.337 e. The lowest BCUT2D eigenvalue weighted by atomic mass is 9.82. The normalized spacial score (nSPS) is 19.9. The van der Waals surface area contributed by atoms with E-state index in [0.29, 0.717) is 12.8 Å². The van der Waals surface area contributed by atoms with Gasteiger partial charge in [-0.05, 0) is 31.0 Å². The summed E-state index contributed by atoms with van der Waals surface area (Å²) in [6.45, 7) is 0. The molecule has 1 amide bonds. The number of ether oxygens (including phenoxy) is 1. The van der Waals surface area contributed by atoms with Crippen LogP contribution in [0.5, 0.6) is 0 Å². The largest absolute Gasteiger partial charge is 0.481 e. The van der Waals surface area contributed by atoms with Crippen molar-refractivity contribution in [1.29, 1.82) is 0 Å². The number of nitrogens with one attached hydrogen (secondary N) is 1. The van der Waals surface area contributed by atoms with Gasteiger partial charge in [0.25, 0.3) is 0 Å². The van der Waals surface area contributed by atoms with Crippen LogP contribution in [0, 0.1) is 11.8 Å². The van der Waals surface area contributed by atoms with Crippen molar-refractivity contribution in [3.8, 4) is 0 Å². The molecule has 2 N–H and O–H groups in total. The average Bonchev–Trinajstić information content (AvgIpc) is 2.56. The standard InChI is InChI=1S/C16H16ClNO5/c1-23-16(22)9-6-7-12(17)13(8-9)18-14(19)10-4-2-3-5-11(10)15(20)21/h2-3,6-8,10-11H,4-5H2,1H3,(H,18,19)(H,20,21)/t10-,11+/m1/s1. The molecule has 0 aliphatic heterocycles. The molecule has 1 aliphatic carbocycles. The predicted molar refractivity (Wildman–Crippen MR) is 84.4 cm³/mol. The maximum absolute atomic E-state index is 12.4. The molecule has 122 valence electrons. The Morgan fingerprint density at radius 2 is 1.87 bits per heavy atom. The van der Waals surface area contributed by atoms with Crippen LogP contribution in [0.2, 0.25) is 5.02 Å². The number of anilines is 1. The molecule has 0 heterocycles. The minimum Gasteiger partial charge on any atom is -0.481 e. The number of carbonyl (C=O) groups is 3. The van der Waals surface area contributed by atoms with Crippen molar-refractivity contribution in [2.45, 2.75) is 12.8 Å². The van der Waals surface area contributed by atoms with Gasteiger partial charge < -0.3 is 15.2 Å². The summed E-state index contributed by atoms with van der Waals surface area (Å²) >= 11 is 6.03. The number of carboxylic acids is 1. The molecule has 0 aromatic heterocycles. The summed E-state index contributed by atoms with van der Waals surface area (Å²) in [4.78, 5) is 35.2. The van der Waals surface area contributed by atoms with E-state index in [1.54, 1.807) is 12.2 Å². The number of aliphatic carboxylic acids is 1. The maximum atomic E-state index is 12.4. The fourth-order valence-electron chi connectivity index (χ4n) is 2.47. The SMILES string of the molecule is COC(=O)c1ccc(Cl)c(NC(=O)[C@@H]2CC=CC[C@@H]2C(=O)O)c1. The first-order chi connectivity index (χ1) is 10.9. The third-order valence-corrected chi connectivity index (χ3v) is 4.06. The third kappa shape index (κ3) is 3.90. The lowest BCUT2D eigenvalue weighted by Gasteiger charge is -2.24. The van der Waals surface area contributed by atoms with Crippen LogP contribution in [0.25, 0.3) is 0 Å². The number of hydrogen-bond donors (Lipinski definition) is 2. The Balaban J connectivity index is 2.21. The van der Waals surface area contributed by atoms with Crippen LogP contribution in [-0.2, 0) is 14.3 Å². The van der Waals surface area contributed by atoms with Gasteiger partial charge in [-0.2, -0.15) is 0 Å². The number of methoxy groups -OCH3 is 1. The van der Waals surface area contributed by atoms with E-state index in [0.717, 1.165) is 0 Å². The highest BCUT2D eigenvalue weighted by Crippen LogP contribution is 2.29. The zero-order valence-corrected chi connectivity index (χ0v) is 13.2. The highest BCUT2D eigenvalue weighted by atomic mass is 35.5. The van der Waals surface area contributed by atoms with Crippen LogP contribution in [-0.4, -0.2) is 30.1 Å². The summed E-state index contributed by atoms with van der Waals surface area (Å²) in [6.07, 6.45) is 4.20. The molecular weight excluding hydrogens is 322 g/mol. The number of hydrogen-bond acceptors (Lipinski definition) is 4. The quantitative estimate of drug-likeness (QED) is 0.651. The van der Waals surface area contributed by atoms with Gasteiger partial charge in [0.2, 0.25) is 5.91 Å². The van der Waals surface area contributed by atoms with E-state index in [1.807, 2.05) is 0 Å². The van der Waals surface area contributed by atoms with Crippen molar-refractivity contribution in [3.63, 3.8) is 0 Å². The second-order valence-electron chi connectivity index (χ2n) is 5.17. The number of carboxylic acid groups (broad SMARTS) is 1. The molecule has 0 saturated heterocycles. The van der Waals surface area contributed by atoms with Gasteiger partial charge in [0.1, 0.15) is 0 Å². The van der Waals surface area contributed by atoms with Crippen LogP contribution >= 0.6 is 11.6 Å². The maximum Gasteiger partial charge on any atom is 0.337 e. The van der Waals surface area contributed by atoms with Crippen molar-refractivity contribution >= 4 is 35.1 Å². The van der Waals surface area contributed by atoms with Gasteiger partial charge in [-0.25, -0.2) is 4.79 Å². The third-order valence-electron chi connectivity index (χ3n) is 3.73. The van der Waals surface area contributed by atoms with Gasteiger partial charge in [-0.3, -0.25) is 9.59 Å². The number of benzene rings is 1. The van der Waals surface area contributed by atoms with Crippen molar-refractivity contribution < 1.29 is 24.2 Å². The summed E-state index contributed by atoms with van der Waals surface area (Å²) < 4.78 is 4.62. The summed E-state index contributed by atoms with van der Waals surface area (Å²) in [7, 11) is 1.25. The van der Waals surface area contributed by atoms with Crippen molar-refractivity contribution in [2.75, 3.05) is 12.4 Å². The van der Waals surface area contributed by atoms with Crippen LogP contribution in [0.15, 0.2) is 30.4 Å². The average molecular weight is 338 g/mol. The molecule has 0 saturated carbocycles. The van der Waals surface area contributed by atoms with Crippen LogP contribution < -0.4 is 5.32 Å². The number of halogens is 1. The Bertz CT molecular complexity index is 670. The van der Waals surface area contributed by atoms with E-state index in [4.69, 9.17) is 11.6 Å². The lowest BCUT2D eigenvalue weighted by molar-refractivity contribution is -0.146. The monoisotopic (exact) mass is 337 g/mol. The number of esters is 1. The molecule has 1 aliphatic rings. The van der Waals surface area contributed by atoms with Crippen LogP contribution in [0.3, 0.4) is 0 Å². The van der Waals surface area contributed by atoms with Gasteiger partial charge >= 0.3 is 11.9 Å².